The number of carboxylic acid groups (broad SMARTS) is 1. The zero-order chi connectivity index (χ0) is 23.0. The Morgan fingerprint density at radius 1 is 1.35 bits per heavy atom. The molecule has 1 aromatic heterocycles. The summed E-state index contributed by atoms with van der Waals surface area (Å²) in [4.78, 5) is 11.5. The topological polar surface area (TPSA) is 87.2 Å². The summed E-state index contributed by atoms with van der Waals surface area (Å²) in [6, 6.07) is 4.32. The second kappa shape index (κ2) is 8.89. The van der Waals surface area contributed by atoms with Gasteiger partial charge >= 0.3 is 12.1 Å². The molecule has 1 fully saturated rings. The molecule has 1 N–H and O–H groups in total. The number of sulfonamides is 1. The maximum Gasteiger partial charge on any atom is 0.416 e. The molecule has 0 spiro atoms. The molecule has 0 amide bonds. The van der Waals surface area contributed by atoms with E-state index in [1.54, 1.807) is 18.4 Å². The molecule has 6 nitrogen and oxygen atoms in total. The molecule has 11 heteroatoms. The van der Waals surface area contributed by atoms with Gasteiger partial charge in [0.2, 0.25) is 10.0 Å². The van der Waals surface area contributed by atoms with Crippen LogP contribution in [0.1, 0.15) is 23.8 Å². The van der Waals surface area contributed by atoms with E-state index < -0.39 is 38.5 Å². The highest BCUT2D eigenvalue weighted by atomic mass is 32.2. The number of likely N-dealkylation sites (N-methyl/N-ethyl adjacent to an activating group) is 1. The summed E-state index contributed by atoms with van der Waals surface area (Å²) in [5.41, 5.74) is -0.594. The van der Waals surface area contributed by atoms with Gasteiger partial charge in [0.1, 0.15) is 0 Å². The monoisotopic (exact) mass is 477 g/mol. The van der Waals surface area contributed by atoms with Crippen molar-refractivity contribution < 1.29 is 36.2 Å². The van der Waals surface area contributed by atoms with E-state index in [1.807, 2.05) is 0 Å². The fourth-order valence-corrected chi connectivity index (χ4v) is 5.44. The zero-order valence-corrected chi connectivity index (χ0v) is 18.5. The number of epoxide rings is 1. The highest BCUT2D eigenvalue weighted by Crippen LogP contribution is 2.38. The number of carboxylic acids is 1. The number of aliphatic carboxylic acids is 1. The molecule has 2 atom stereocenters. The minimum Gasteiger partial charge on any atom is -0.481 e. The normalized spacial score (nSPS) is 17.7. The molecule has 31 heavy (non-hydrogen) atoms. The molecule has 2 unspecified atom stereocenters. The van der Waals surface area contributed by atoms with E-state index >= 15 is 0 Å². The summed E-state index contributed by atoms with van der Waals surface area (Å²) in [5, 5.41) is 11.0. The third-order valence-corrected chi connectivity index (χ3v) is 7.88. The molecular formula is C20H22F3NO5S2. The van der Waals surface area contributed by atoms with Gasteiger partial charge in [0, 0.05) is 18.5 Å². The summed E-state index contributed by atoms with van der Waals surface area (Å²) in [6.45, 7) is 2.18. The maximum absolute atomic E-state index is 13.6. The van der Waals surface area contributed by atoms with Crippen molar-refractivity contribution in [3.63, 3.8) is 0 Å². The molecule has 0 radical (unpaired) electrons. The number of ether oxygens (including phenoxy) is 1. The van der Waals surface area contributed by atoms with Crippen LogP contribution in [0.15, 0.2) is 34.5 Å². The van der Waals surface area contributed by atoms with E-state index in [9.17, 15) is 31.5 Å². The van der Waals surface area contributed by atoms with E-state index in [0.717, 1.165) is 10.4 Å². The van der Waals surface area contributed by atoms with E-state index in [1.165, 1.54) is 24.5 Å². The second-order valence-corrected chi connectivity index (χ2v) is 10.4. The quantitative estimate of drug-likeness (QED) is 0.550. The summed E-state index contributed by atoms with van der Waals surface area (Å²) in [7, 11) is -2.88. The Bertz CT molecular complexity index is 1060. The first-order valence-corrected chi connectivity index (χ1v) is 11.8. The minimum absolute atomic E-state index is 0.0500. The average Bonchev–Trinajstić information content (AvgIpc) is 3.38. The molecule has 2 aromatic rings. The van der Waals surface area contributed by atoms with Crippen molar-refractivity contribution in [2.24, 2.45) is 5.92 Å². The van der Waals surface area contributed by atoms with Crippen LogP contribution in [-0.2, 0) is 32.2 Å². The van der Waals surface area contributed by atoms with Crippen LogP contribution in [0.3, 0.4) is 0 Å². The standard InChI is InChI=1S/C20H22F3NO5S2/c1-3-12(19(25)26)8-18-17(4-5-30-18)13-6-14(20(21,22)23)9-16(7-13)31(27,28)24(2)10-15-11-29-15/h4-7,9,12,15H,3,8,10-11H2,1-2H3,(H,25,26). The smallest absolute Gasteiger partial charge is 0.416 e. The van der Waals surface area contributed by atoms with Gasteiger partial charge in [-0.15, -0.1) is 11.3 Å². The maximum atomic E-state index is 13.6. The van der Waals surface area contributed by atoms with Gasteiger partial charge in [-0.1, -0.05) is 6.92 Å². The first-order valence-electron chi connectivity index (χ1n) is 9.53. The number of rotatable bonds is 9. The Labute approximate surface area is 182 Å². The number of carbonyl (C=O) groups is 1. The largest absolute Gasteiger partial charge is 0.481 e. The fraction of sp³-hybridized carbons (Fsp3) is 0.450. The minimum atomic E-state index is -4.75. The summed E-state index contributed by atoms with van der Waals surface area (Å²) in [5.74, 6) is -1.67. The lowest BCUT2D eigenvalue weighted by molar-refractivity contribution is -0.141. The Hall–Kier alpha value is -1.95. The third kappa shape index (κ3) is 5.46. The molecule has 0 saturated carbocycles. The van der Waals surface area contributed by atoms with Crippen molar-refractivity contribution in [3.8, 4) is 11.1 Å². The Morgan fingerprint density at radius 3 is 2.58 bits per heavy atom. The van der Waals surface area contributed by atoms with Crippen molar-refractivity contribution >= 4 is 27.3 Å². The Balaban J connectivity index is 2.07. The van der Waals surface area contributed by atoms with Crippen molar-refractivity contribution in [2.75, 3.05) is 20.2 Å². The molecular weight excluding hydrogens is 455 g/mol. The van der Waals surface area contributed by atoms with Crippen LogP contribution in [-0.4, -0.2) is 50.1 Å². The molecule has 0 bridgehead atoms. The summed E-state index contributed by atoms with van der Waals surface area (Å²) < 4.78 is 72.5. The fourth-order valence-electron chi connectivity index (χ4n) is 3.19. The van der Waals surface area contributed by atoms with E-state index in [0.29, 0.717) is 29.5 Å². The molecule has 0 aliphatic carbocycles. The van der Waals surface area contributed by atoms with E-state index in [-0.39, 0.29) is 24.6 Å². The van der Waals surface area contributed by atoms with Gasteiger partial charge in [-0.3, -0.25) is 4.79 Å². The van der Waals surface area contributed by atoms with Crippen LogP contribution in [0.25, 0.3) is 11.1 Å². The molecule has 2 heterocycles. The van der Waals surface area contributed by atoms with Crippen LogP contribution < -0.4 is 0 Å². The second-order valence-electron chi connectivity index (χ2n) is 7.39. The third-order valence-electron chi connectivity index (χ3n) is 5.14. The van der Waals surface area contributed by atoms with Gasteiger partial charge in [-0.25, -0.2) is 8.42 Å². The number of nitrogens with zero attached hydrogens (tertiary/aromatic N) is 1. The lowest BCUT2D eigenvalue weighted by Gasteiger charge is -2.19. The Morgan fingerprint density at radius 2 is 2.03 bits per heavy atom. The van der Waals surface area contributed by atoms with E-state index in [4.69, 9.17) is 4.74 Å². The number of hydrogen-bond donors (Lipinski definition) is 1. The molecule has 1 saturated heterocycles. The van der Waals surface area contributed by atoms with Crippen molar-refractivity contribution in [1.29, 1.82) is 0 Å². The molecule has 3 rings (SSSR count). The summed E-state index contributed by atoms with van der Waals surface area (Å²) >= 11 is 1.23. The van der Waals surface area contributed by atoms with E-state index in [2.05, 4.69) is 0 Å². The van der Waals surface area contributed by atoms with Gasteiger partial charge in [-0.05, 0) is 53.6 Å². The van der Waals surface area contributed by atoms with Gasteiger partial charge in [-0.2, -0.15) is 17.5 Å². The van der Waals surface area contributed by atoms with Crippen molar-refractivity contribution in [3.05, 3.63) is 40.1 Å². The predicted octanol–water partition coefficient (Wildman–Crippen LogP) is 4.11. The lowest BCUT2D eigenvalue weighted by atomic mass is 9.96. The van der Waals surface area contributed by atoms with Gasteiger partial charge in [0.05, 0.1) is 29.1 Å². The molecule has 1 aromatic carbocycles. The van der Waals surface area contributed by atoms with Gasteiger partial charge < -0.3 is 9.84 Å². The number of halogens is 3. The highest BCUT2D eigenvalue weighted by Gasteiger charge is 2.35. The number of thiophene rings is 1. The van der Waals surface area contributed by atoms with Crippen LogP contribution >= 0.6 is 11.3 Å². The molecule has 170 valence electrons. The SMILES string of the molecule is CCC(Cc1sccc1-c1cc(C(F)(F)F)cc(S(=O)(=O)N(C)CC2CO2)c1)C(=O)O. The number of benzene rings is 1. The number of alkyl halides is 3. The predicted molar refractivity (Wildman–Crippen MR) is 109 cm³/mol. The first-order chi connectivity index (χ1) is 14.4. The molecule has 1 aliphatic rings. The van der Waals surface area contributed by atoms with Crippen LogP contribution in [0.2, 0.25) is 0 Å². The van der Waals surface area contributed by atoms with Crippen LogP contribution in [0.4, 0.5) is 13.2 Å². The zero-order valence-electron chi connectivity index (χ0n) is 16.8. The van der Waals surface area contributed by atoms with Crippen molar-refractivity contribution in [2.45, 2.75) is 36.9 Å². The number of hydrogen-bond acceptors (Lipinski definition) is 5. The first kappa shape index (κ1) is 23.7. The van der Waals surface area contributed by atoms with Gasteiger partial charge in [0.25, 0.3) is 0 Å². The average molecular weight is 478 g/mol. The Kier molecular flexibility index (Phi) is 6.80. The molecule has 1 aliphatic heterocycles. The van der Waals surface area contributed by atoms with Crippen molar-refractivity contribution in [1.82, 2.24) is 4.31 Å². The van der Waals surface area contributed by atoms with Crippen LogP contribution in [0.5, 0.6) is 0 Å². The lowest BCUT2D eigenvalue weighted by Crippen LogP contribution is -2.30. The summed E-state index contributed by atoms with van der Waals surface area (Å²) in [6.07, 6.45) is -4.49. The van der Waals surface area contributed by atoms with Crippen LogP contribution in [0, 0.1) is 5.92 Å². The van der Waals surface area contributed by atoms with Gasteiger partial charge in [0.15, 0.2) is 0 Å². The highest BCUT2D eigenvalue weighted by molar-refractivity contribution is 7.89.